The largest absolute Gasteiger partial charge is 0.484 e. The van der Waals surface area contributed by atoms with Crippen molar-refractivity contribution >= 4 is 23.4 Å². The lowest BCUT2D eigenvalue weighted by atomic mass is 9.95. The van der Waals surface area contributed by atoms with E-state index >= 15 is 0 Å². The Bertz CT molecular complexity index is 786. The maximum Gasteiger partial charge on any atom is 0.260 e. The fourth-order valence-electron chi connectivity index (χ4n) is 5.59. The lowest BCUT2D eigenvalue weighted by molar-refractivity contribution is -0.137. The Morgan fingerprint density at radius 3 is 2.29 bits per heavy atom. The number of halogens is 1. The summed E-state index contributed by atoms with van der Waals surface area (Å²) >= 11 is 5.90. The number of hydrogen-bond donors (Lipinski definition) is 1. The van der Waals surface area contributed by atoms with Crippen molar-refractivity contribution in [3.8, 4) is 5.75 Å². The van der Waals surface area contributed by atoms with Crippen molar-refractivity contribution in [2.75, 3.05) is 59.0 Å². The van der Waals surface area contributed by atoms with Crippen LogP contribution in [0.15, 0.2) is 24.3 Å². The standard InChI is InChI=1S/C26H39ClN4O3/c27-22-8-10-23(11-9-22)34-20-24(32)30-16-18-31(19-17-30)25(21-6-2-3-7-21)26(33)28-12-15-29-13-4-1-5-14-29/h8-11,21,25H,1-7,12-20H2,(H,28,33)/t25-/m0/s1. The molecule has 0 aromatic heterocycles. The summed E-state index contributed by atoms with van der Waals surface area (Å²) in [4.78, 5) is 32.6. The number of nitrogens with zero attached hydrogens (tertiary/aromatic N) is 3. The third-order valence-electron chi connectivity index (χ3n) is 7.53. The highest BCUT2D eigenvalue weighted by Crippen LogP contribution is 2.31. The molecule has 2 saturated heterocycles. The van der Waals surface area contributed by atoms with Gasteiger partial charge in [0.05, 0.1) is 6.04 Å². The first-order valence-corrected chi connectivity index (χ1v) is 13.4. The molecule has 1 atom stereocenters. The molecular formula is C26H39ClN4O3. The first-order chi connectivity index (χ1) is 16.6. The minimum Gasteiger partial charge on any atom is -0.484 e. The average molecular weight is 491 g/mol. The van der Waals surface area contributed by atoms with Crippen LogP contribution in [-0.2, 0) is 9.59 Å². The van der Waals surface area contributed by atoms with Crippen molar-refractivity contribution in [3.05, 3.63) is 29.3 Å². The van der Waals surface area contributed by atoms with Gasteiger partial charge < -0.3 is 19.9 Å². The van der Waals surface area contributed by atoms with Crippen LogP contribution in [0.3, 0.4) is 0 Å². The van der Waals surface area contributed by atoms with Crippen LogP contribution >= 0.6 is 11.6 Å². The molecule has 1 N–H and O–H groups in total. The van der Waals surface area contributed by atoms with Gasteiger partial charge in [-0.2, -0.15) is 0 Å². The Labute approximate surface area is 208 Å². The zero-order valence-electron chi connectivity index (χ0n) is 20.2. The number of likely N-dealkylation sites (tertiary alicyclic amines) is 1. The highest BCUT2D eigenvalue weighted by atomic mass is 35.5. The van der Waals surface area contributed by atoms with Gasteiger partial charge in [0, 0.05) is 44.3 Å². The number of hydrogen-bond acceptors (Lipinski definition) is 5. The number of amides is 2. The van der Waals surface area contributed by atoms with Crippen LogP contribution in [0.2, 0.25) is 5.02 Å². The summed E-state index contributed by atoms with van der Waals surface area (Å²) in [6.07, 6.45) is 8.54. The molecule has 1 aliphatic carbocycles. The predicted molar refractivity (Wildman–Crippen MR) is 134 cm³/mol. The van der Waals surface area contributed by atoms with Gasteiger partial charge in [0.15, 0.2) is 6.61 Å². The van der Waals surface area contributed by atoms with Gasteiger partial charge >= 0.3 is 0 Å². The summed E-state index contributed by atoms with van der Waals surface area (Å²) in [7, 11) is 0. The second-order valence-corrected chi connectivity index (χ2v) is 10.3. The molecule has 1 aromatic carbocycles. The van der Waals surface area contributed by atoms with Crippen molar-refractivity contribution in [1.29, 1.82) is 0 Å². The van der Waals surface area contributed by atoms with E-state index in [4.69, 9.17) is 16.3 Å². The minimum absolute atomic E-state index is 0.0157. The molecule has 8 heteroatoms. The average Bonchev–Trinajstić information content (AvgIpc) is 3.39. The maximum atomic E-state index is 13.3. The number of ether oxygens (including phenoxy) is 1. The molecule has 0 unspecified atom stereocenters. The monoisotopic (exact) mass is 490 g/mol. The second kappa shape index (κ2) is 12.8. The molecule has 34 heavy (non-hydrogen) atoms. The fraction of sp³-hybridized carbons (Fsp3) is 0.692. The van der Waals surface area contributed by atoms with Crippen LogP contribution in [0.5, 0.6) is 5.75 Å². The number of carbonyl (C=O) groups excluding carboxylic acids is 2. The Balaban J connectivity index is 1.25. The minimum atomic E-state index is -0.0774. The van der Waals surface area contributed by atoms with E-state index in [1.165, 1.54) is 32.1 Å². The molecule has 1 saturated carbocycles. The smallest absolute Gasteiger partial charge is 0.260 e. The number of rotatable bonds is 9. The normalized spacial score (nSPS) is 21.4. The Kier molecular flexibility index (Phi) is 9.48. The number of carbonyl (C=O) groups is 2. The molecule has 0 radical (unpaired) electrons. The van der Waals surface area contributed by atoms with Crippen LogP contribution in [0, 0.1) is 5.92 Å². The van der Waals surface area contributed by atoms with Gasteiger partial charge in [0.2, 0.25) is 5.91 Å². The van der Waals surface area contributed by atoms with Crippen molar-refractivity contribution in [3.63, 3.8) is 0 Å². The fourth-order valence-corrected chi connectivity index (χ4v) is 5.72. The third kappa shape index (κ3) is 7.09. The third-order valence-corrected chi connectivity index (χ3v) is 7.78. The topological polar surface area (TPSA) is 65.1 Å². The molecule has 2 heterocycles. The molecule has 3 aliphatic rings. The van der Waals surface area contributed by atoms with Crippen LogP contribution < -0.4 is 10.1 Å². The van der Waals surface area contributed by atoms with Crippen LogP contribution in [0.1, 0.15) is 44.9 Å². The lowest BCUT2D eigenvalue weighted by Crippen LogP contribution is -2.58. The van der Waals surface area contributed by atoms with E-state index in [1.54, 1.807) is 24.3 Å². The van der Waals surface area contributed by atoms with Gasteiger partial charge in [-0.1, -0.05) is 30.9 Å². The molecule has 2 aliphatic heterocycles. The van der Waals surface area contributed by atoms with E-state index in [1.807, 2.05) is 4.90 Å². The van der Waals surface area contributed by atoms with E-state index in [0.717, 1.165) is 52.1 Å². The molecular weight excluding hydrogens is 452 g/mol. The summed E-state index contributed by atoms with van der Waals surface area (Å²) in [6.45, 7) is 6.71. The molecule has 0 bridgehead atoms. The van der Waals surface area contributed by atoms with Gasteiger partial charge in [0.1, 0.15) is 5.75 Å². The van der Waals surface area contributed by atoms with Gasteiger partial charge in [-0.05, 0) is 69.0 Å². The molecule has 0 spiro atoms. The number of benzene rings is 1. The summed E-state index contributed by atoms with van der Waals surface area (Å²) in [6, 6.07) is 6.96. The molecule has 2 amide bonds. The van der Waals surface area contributed by atoms with Gasteiger partial charge in [-0.15, -0.1) is 0 Å². The van der Waals surface area contributed by atoms with Crippen molar-refractivity contribution < 1.29 is 14.3 Å². The zero-order valence-corrected chi connectivity index (χ0v) is 21.0. The number of piperidine rings is 1. The molecule has 3 fully saturated rings. The van der Waals surface area contributed by atoms with Crippen LogP contribution in [0.25, 0.3) is 0 Å². The van der Waals surface area contributed by atoms with E-state index in [0.29, 0.717) is 29.8 Å². The predicted octanol–water partition coefficient (Wildman–Crippen LogP) is 3.02. The van der Waals surface area contributed by atoms with Crippen molar-refractivity contribution in [1.82, 2.24) is 20.0 Å². The second-order valence-electron chi connectivity index (χ2n) is 9.84. The van der Waals surface area contributed by atoms with E-state index in [9.17, 15) is 9.59 Å². The SMILES string of the molecule is O=C(NCCN1CCCCC1)[C@H](C1CCCC1)N1CCN(C(=O)COc2ccc(Cl)cc2)CC1. The molecule has 4 rings (SSSR count). The van der Waals surface area contributed by atoms with E-state index in [2.05, 4.69) is 15.1 Å². The van der Waals surface area contributed by atoms with Gasteiger partial charge in [-0.25, -0.2) is 0 Å². The molecule has 188 valence electrons. The Morgan fingerprint density at radius 1 is 0.941 bits per heavy atom. The molecule has 1 aromatic rings. The van der Waals surface area contributed by atoms with E-state index in [-0.39, 0.29) is 24.5 Å². The quantitative estimate of drug-likeness (QED) is 0.576. The summed E-state index contributed by atoms with van der Waals surface area (Å²) < 4.78 is 5.63. The zero-order chi connectivity index (χ0) is 23.8. The summed E-state index contributed by atoms with van der Waals surface area (Å²) in [5.41, 5.74) is 0. The Hall–Kier alpha value is -1.83. The number of nitrogens with one attached hydrogen (secondary N) is 1. The van der Waals surface area contributed by atoms with Gasteiger partial charge in [0.25, 0.3) is 5.91 Å². The Morgan fingerprint density at radius 2 is 1.62 bits per heavy atom. The van der Waals surface area contributed by atoms with E-state index < -0.39 is 0 Å². The maximum absolute atomic E-state index is 13.3. The number of piperazine rings is 1. The first-order valence-electron chi connectivity index (χ1n) is 13.0. The molecule has 7 nitrogen and oxygen atoms in total. The van der Waals surface area contributed by atoms with Crippen molar-refractivity contribution in [2.24, 2.45) is 5.92 Å². The summed E-state index contributed by atoms with van der Waals surface area (Å²) in [5, 5.41) is 3.89. The van der Waals surface area contributed by atoms with Gasteiger partial charge in [-0.3, -0.25) is 14.5 Å². The van der Waals surface area contributed by atoms with Crippen LogP contribution in [-0.4, -0.2) is 91.5 Å². The highest BCUT2D eigenvalue weighted by molar-refractivity contribution is 6.30. The highest BCUT2D eigenvalue weighted by Gasteiger charge is 2.37. The lowest BCUT2D eigenvalue weighted by Gasteiger charge is -2.40. The summed E-state index contributed by atoms with van der Waals surface area (Å²) in [5.74, 6) is 1.22. The van der Waals surface area contributed by atoms with Crippen molar-refractivity contribution in [2.45, 2.75) is 51.0 Å². The first kappa shape index (κ1) is 25.3. The van der Waals surface area contributed by atoms with Crippen LogP contribution in [0.4, 0.5) is 0 Å².